The molecule has 4 nitrogen and oxygen atoms in total. The summed E-state index contributed by atoms with van der Waals surface area (Å²) in [5.41, 5.74) is 0.964. The van der Waals surface area contributed by atoms with Gasteiger partial charge in [-0.15, -0.1) is 0 Å². The topological polar surface area (TPSA) is 49.4 Å². The molecule has 2 rings (SSSR count). The first kappa shape index (κ1) is 15.5. The quantitative estimate of drug-likeness (QED) is 0.921. The number of nitrogens with one attached hydrogen (secondary N) is 1. The average Bonchev–Trinajstić information content (AvgIpc) is 2.70. The van der Waals surface area contributed by atoms with Crippen molar-refractivity contribution in [1.82, 2.24) is 10.2 Å². The molecule has 1 N–H and O–H groups in total. The lowest BCUT2D eigenvalue weighted by Gasteiger charge is -2.20. The summed E-state index contributed by atoms with van der Waals surface area (Å²) < 4.78 is 0. The first-order valence-corrected chi connectivity index (χ1v) is 7.73. The van der Waals surface area contributed by atoms with E-state index in [1.807, 2.05) is 35.2 Å². The molecular weight excluding hydrogens is 264 g/mol. The van der Waals surface area contributed by atoms with Crippen molar-refractivity contribution < 1.29 is 9.59 Å². The van der Waals surface area contributed by atoms with Crippen LogP contribution in [0.4, 0.5) is 0 Å². The van der Waals surface area contributed by atoms with Gasteiger partial charge in [0, 0.05) is 13.1 Å². The molecule has 2 amide bonds. The second kappa shape index (κ2) is 7.81. The highest BCUT2D eigenvalue weighted by atomic mass is 16.2. The maximum atomic E-state index is 12.1. The van der Waals surface area contributed by atoms with Crippen LogP contribution in [0.1, 0.15) is 31.7 Å². The van der Waals surface area contributed by atoms with Crippen molar-refractivity contribution in [2.75, 3.05) is 19.6 Å². The minimum Gasteiger partial charge on any atom is -0.347 e. The number of hydrogen-bond acceptors (Lipinski definition) is 2. The first-order chi connectivity index (χ1) is 10.1. The molecular formula is C17H24N2O2. The van der Waals surface area contributed by atoms with Gasteiger partial charge in [-0.2, -0.15) is 0 Å². The highest BCUT2D eigenvalue weighted by molar-refractivity contribution is 5.85. The lowest BCUT2D eigenvalue weighted by Crippen LogP contribution is -2.41. The van der Waals surface area contributed by atoms with Crippen LogP contribution in [0, 0.1) is 5.92 Å². The number of amides is 2. The van der Waals surface area contributed by atoms with Crippen molar-refractivity contribution in [3.8, 4) is 0 Å². The molecule has 1 atom stereocenters. The van der Waals surface area contributed by atoms with Crippen LogP contribution in [0.2, 0.25) is 0 Å². The highest BCUT2D eigenvalue weighted by Gasteiger charge is 2.18. The minimum atomic E-state index is -0.0993. The Morgan fingerprint density at radius 3 is 2.71 bits per heavy atom. The van der Waals surface area contributed by atoms with Gasteiger partial charge in [0.25, 0.3) is 0 Å². The zero-order chi connectivity index (χ0) is 15.1. The van der Waals surface area contributed by atoms with Gasteiger partial charge in [-0.05, 0) is 30.7 Å². The van der Waals surface area contributed by atoms with Crippen LogP contribution < -0.4 is 5.32 Å². The summed E-state index contributed by atoms with van der Waals surface area (Å²) in [6.45, 7) is 3.97. The smallest absolute Gasteiger partial charge is 0.241 e. The monoisotopic (exact) mass is 288 g/mol. The van der Waals surface area contributed by atoms with Crippen LogP contribution in [0.5, 0.6) is 0 Å². The number of nitrogens with zero attached hydrogens (tertiary/aromatic N) is 1. The summed E-state index contributed by atoms with van der Waals surface area (Å²) in [7, 11) is 0. The molecule has 1 saturated heterocycles. The van der Waals surface area contributed by atoms with E-state index in [1.165, 1.54) is 6.42 Å². The zero-order valence-corrected chi connectivity index (χ0v) is 12.7. The van der Waals surface area contributed by atoms with Crippen LogP contribution in [-0.4, -0.2) is 36.3 Å². The van der Waals surface area contributed by atoms with E-state index in [9.17, 15) is 9.59 Å². The number of benzene rings is 1. The third-order valence-corrected chi connectivity index (χ3v) is 4.01. The van der Waals surface area contributed by atoms with Crippen LogP contribution in [-0.2, 0) is 16.0 Å². The molecule has 1 aromatic carbocycles. The van der Waals surface area contributed by atoms with Crippen LogP contribution in [0.25, 0.3) is 0 Å². The molecule has 0 unspecified atom stereocenters. The molecule has 1 aliphatic rings. The Hall–Kier alpha value is -1.84. The van der Waals surface area contributed by atoms with Gasteiger partial charge in [0.15, 0.2) is 0 Å². The molecule has 0 aromatic heterocycles. The van der Waals surface area contributed by atoms with Gasteiger partial charge in [0.2, 0.25) is 11.8 Å². The van der Waals surface area contributed by atoms with E-state index in [4.69, 9.17) is 0 Å². The van der Waals surface area contributed by atoms with Crippen LogP contribution in [0.3, 0.4) is 0 Å². The van der Waals surface area contributed by atoms with E-state index in [2.05, 4.69) is 12.2 Å². The lowest BCUT2D eigenvalue weighted by molar-refractivity contribution is -0.132. The van der Waals surface area contributed by atoms with Gasteiger partial charge < -0.3 is 10.2 Å². The fourth-order valence-electron chi connectivity index (χ4n) is 2.64. The largest absolute Gasteiger partial charge is 0.347 e. The van der Waals surface area contributed by atoms with Crippen LogP contribution >= 0.6 is 0 Å². The Balaban J connectivity index is 1.74. The molecule has 114 valence electrons. The standard InChI is InChI=1S/C17H24N2O2/c1-14-6-5-10-19(11-9-14)17(21)13-18-16(20)12-15-7-3-2-4-8-15/h2-4,7-8,14H,5-6,9-13H2,1H3,(H,18,20)/t14-/m1/s1. The second-order valence-electron chi connectivity index (χ2n) is 5.86. The number of rotatable bonds is 4. The SMILES string of the molecule is C[C@@H]1CCCN(C(=O)CNC(=O)Cc2ccccc2)CC1. The van der Waals surface area contributed by atoms with Crippen molar-refractivity contribution in [3.63, 3.8) is 0 Å². The molecule has 21 heavy (non-hydrogen) atoms. The Bertz CT molecular complexity index is 473. The van der Waals surface area contributed by atoms with E-state index in [0.29, 0.717) is 12.3 Å². The van der Waals surface area contributed by atoms with Gasteiger partial charge in [0.1, 0.15) is 0 Å². The second-order valence-corrected chi connectivity index (χ2v) is 5.86. The Morgan fingerprint density at radius 2 is 1.95 bits per heavy atom. The van der Waals surface area contributed by atoms with Gasteiger partial charge in [-0.1, -0.05) is 37.3 Å². The van der Waals surface area contributed by atoms with Crippen LogP contribution in [0.15, 0.2) is 30.3 Å². The van der Waals surface area contributed by atoms with Crippen molar-refractivity contribution in [2.24, 2.45) is 5.92 Å². The predicted octanol–water partition coefficient (Wildman–Crippen LogP) is 1.99. The Labute approximate surface area is 126 Å². The molecule has 0 spiro atoms. The van der Waals surface area contributed by atoms with Crippen molar-refractivity contribution in [2.45, 2.75) is 32.6 Å². The molecule has 1 heterocycles. The summed E-state index contributed by atoms with van der Waals surface area (Å²) >= 11 is 0. The molecule has 0 bridgehead atoms. The normalized spacial score (nSPS) is 18.9. The summed E-state index contributed by atoms with van der Waals surface area (Å²) in [5.74, 6) is 0.624. The van der Waals surface area contributed by atoms with E-state index >= 15 is 0 Å². The van der Waals surface area contributed by atoms with E-state index in [0.717, 1.165) is 31.5 Å². The van der Waals surface area contributed by atoms with Gasteiger partial charge in [0.05, 0.1) is 13.0 Å². The van der Waals surface area contributed by atoms with Crippen molar-refractivity contribution in [1.29, 1.82) is 0 Å². The molecule has 1 aromatic rings. The van der Waals surface area contributed by atoms with E-state index in [1.54, 1.807) is 0 Å². The maximum absolute atomic E-state index is 12.1. The average molecular weight is 288 g/mol. The van der Waals surface area contributed by atoms with Crippen molar-refractivity contribution >= 4 is 11.8 Å². The first-order valence-electron chi connectivity index (χ1n) is 7.73. The minimum absolute atomic E-state index is 0.0329. The predicted molar refractivity (Wildman–Crippen MR) is 82.8 cm³/mol. The summed E-state index contributed by atoms with van der Waals surface area (Å²) in [5, 5.41) is 2.73. The van der Waals surface area contributed by atoms with E-state index < -0.39 is 0 Å². The van der Waals surface area contributed by atoms with E-state index in [-0.39, 0.29) is 18.4 Å². The number of likely N-dealkylation sites (tertiary alicyclic amines) is 1. The Morgan fingerprint density at radius 1 is 1.19 bits per heavy atom. The fourth-order valence-corrected chi connectivity index (χ4v) is 2.64. The Kier molecular flexibility index (Phi) is 5.78. The summed E-state index contributed by atoms with van der Waals surface area (Å²) in [6.07, 6.45) is 3.63. The van der Waals surface area contributed by atoms with Gasteiger partial charge in [-0.3, -0.25) is 9.59 Å². The summed E-state index contributed by atoms with van der Waals surface area (Å²) in [6, 6.07) is 9.57. The molecule has 0 aliphatic carbocycles. The zero-order valence-electron chi connectivity index (χ0n) is 12.7. The van der Waals surface area contributed by atoms with Gasteiger partial charge in [-0.25, -0.2) is 0 Å². The lowest BCUT2D eigenvalue weighted by atomic mass is 10.0. The highest BCUT2D eigenvalue weighted by Crippen LogP contribution is 2.16. The number of carbonyl (C=O) groups is 2. The molecule has 4 heteroatoms. The third kappa shape index (κ3) is 5.21. The maximum Gasteiger partial charge on any atom is 0.241 e. The molecule has 0 saturated carbocycles. The fraction of sp³-hybridized carbons (Fsp3) is 0.529. The molecule has 1 fully saturated rings. The van der Waals surface area contributed by atoms with Crippen molar-refractivity contribution in [3.05, 3.63) is 35.9 Å². The number of hydrogen-bond donors (Lipinski definition) is 1. The molecule has 0 radical (unpaired) electrons. The summed E-state index contributed by atoms with van der Waals surface area (Å²) in [4.78, 5) is 25.8. The third-order valence-electron chi connectivity index (χ3n) is 4.01. The number of carbonyl (C=O) groups excluding carboxylic acids is 2. The molecule has 1 aliphatic heterocycles. The van der Waals surface area contributed by atoms with Gasteiger partial charge >= 0.3 is 0 Å².